The van der Waals surface area contributed by atoms with Gasteiger partial charge in [-0.3, -0.25) is 4.79 Å². The molecule has 3 N–H and O–H groups in total. The Morgan fingerprint density at radius 1 is 1.58 bits per heavy atom. The summed E-state index contributed by atoms with van der Waals surface area (Å²) in [5.74, 6) is -1.47. The highest BCUT2D eigenvalue weighted by atomic mass is 16.4. The van der Waals surface area contributed by atoms with Crippen LogP contribution in [0.2, 0.25) is 0 Å². The summed E-state index contributed by atoms with van der Waals surface area (Å²) in [6, 6.07) is -0.241. The van der Waals surface area contributed by atoms with Gasteiger partial charge in [-0.05, 0) is 6.92 Å². The third kappa shape index (κ3) is 4.99. The molecule has 1 rings (SSSR count). The molecule has 0 saturated carbocycles. The third-order valence-corrected chi connectivity index (χ3v) is 2.81. The molecule has 1 aromatic rings. The van der Waals surface area contributed by atoms with Gasteiger partial charge in [-0.15, -0.1) is 0 Å². The molecule has 0 bridgehead atoms. The zero-order chi connectivity index (χ0) is 14.3. The standard InChI is InChI=1S/C12H20N4O3/c1-3-16(7-9(2)11(17)18)12(19)14-5-4-10-6-13-8-15-10/h6,8-9H,3-5,7H2,1-2H3,(H,13,15)(H,14,19)(H,17,18). The Morgan fingerprint density at radius 2 is 2.32 bits per heavy atom. The normalized spacial score (nSPS) is 11.9. The lowest BCUT2D eigenvalue weighted by Crippen LogP contribution is -2.43. The number of aromatic nitrogens is 2. The minimum absolute atomic E-state index is 0.210. The summed E-state index contributed by atoms with van der Waals surface area (Å²) in [7, 11) is 0. The van der Waals surface area contributed by atoms with Gasteiger partial charge in [0.25, 0.3) is 0 Å². The zero-order valence-corrected chi connectivity index (χ0v) is 11.2. The van der Waals surface area contributed by atoms with Crippen molar-refractivity contribution in [1.29, 1.82) is 0 Å². The van der Waals surface area contributed by atoms with Crippen molar-refractivity contribution in [3.63, 3.8) is 0 Å². The van der Waals surface area contributed by atoms with Crippen molar-refractivity contribution in [1.82, 2.24) is 20.2 Å². The second kappa shape index (κ2) is 7.40. The van der Waals surface area contributed by atoms with Crippen molar-refractivity contribution in [3.8, 4) is 0 Å². The van der Waals surface area contributed by atoms with Crippen LogP contribution in [0.25, 0.3) is 0 Å². The van der Waals surface area contributed by atoms with Crippen molar-refractivity contribution < 1.29 is 14.7 Å². The van der Waals surface area contributed by atoms with Gasteiger partial charge in [-0.2, -0.15) is 0 Å². The predicted octanol–water partition coefficient (Wildman–Crippen LogP) is 0.704. The lowest BCUT2D eigenvalue weighted by molar-refractivity contribution is -0.141. The van der Waals surface area contributed by atoms with E-state index in [0.29, 0.717) is 19.5 Å². The molecule has 19 heavy (non-hydrogen) atoms. The van der Waals surface area contributed by atoms with Crippen LogP contribution in [-0.2, 0) is 11.2 Å². The van der Waals surface area contributed by atoms with E-state index in [1.165, 1.54) is 4.90 Å². The van der Waals surface area contributed by atoms with E-state index in [9.17, 15) is 9.59 Å². The van der Waals surface area contributed by atoms with Crippen LogP contribution < -0.4 is 5.32 Å². The maximum Gasteiger partial charge on any atom is 0.317 e. The highest BCUT2D eigenvalue weighted by Crippen LogP contribution is 2.01. The van der Waals surface area contributed by atoms with Crippen molar-refractivity contribution in [2.75, 3.05) is 19.6 Å². The van der Waals surface area contributed by atoms with E-state index in [1.807, 2.05) is 6.92 Å². The summed E-state index contributed by atoms with van der Waals surface area (Å²) in [5.41, 5.74) is 0.947. The number of carbonyl (C=O) groups is 2. The molecule has 0 radical (unpaired) electrons. The number of imidazole rings is 1. The van der Waals surface area contributed by atoms with Crippen LogP contribution in [0, 0.1) is 5.92 Å². The number of hydrogen-bond acceptors (Lipinski definition) is 3. The number of carboxylic acid groups (broad SMARTS) is 1. The Bertz CT molecular complexity index is 405. The first kappa shape index (κ1) is 15.0. The molecule has 1 aromatic heterocycles. The van der Waals surface area contributed by atoms with Gasteiger partial charge >= 0.3 is 12.0 Å². The molecular formula is C12H20N4O3. The van der Waals surface area contributed by atoms with Crippen molar-refractivity contribution in [3.05, 3.63) is 18.2 Å². The van der Waals surface area contributed by atoms with Gasteiger partial charge in [-0.25, -0.2) is 9.78 Å². The second-order valence-electron chi connectivity index (χ2n) is 4.34. The summed E-state index contributed by atoms with van der Waals surface area (Å²) >= 11 is 0. The van der Waals surface area contributed by atoms with Crippen LogP contribution in [0.1, 0.15) is 19.5 Å². The van der Waals surface area contributed by atoms with Crippen LogP contribution in [-0.4, -0.2) is 51.6 Å². The quantitative estimate of drug-likeness (QED) is 0.678. The van der Waals surface area contributed by atoms with Crippen LogP contribution >= 0.6 is 0 Å². The first-order valence-corrected chi connectivity index (χ1v) is 6.27. The van der Waals surface area contributed by atoms with E-state index in [4.69, 9.17) is 5.11 Å². The number of amides is 2. The number of rotatable bonds is 7. The maximum atomic E-state index is 11.9. The van der Waals surface area contributed by atoms with Gasteiger partial charge in [0.05, 0.1) is 12.2 Å². The van der Waals surface area contributed by atoms with E-state index in [1.54, 1.807) is 19.4 Å². The Hall–Kier alpha value is -2.05. The fourth-order valence-corrected chi connectivity index (χ4v) is 1.60. The Morgan fingerprint density at radius 3 is 2.84 bits per heavy atom. The molecule has 0 aliphatic heterocycles. The zero-order valence-electron chi connectivity index (χ0n) is 11.2. The molecule has 0 fully saturated rings. The Kier molecular flexibility index (Phi) is 5.84. The predicted molar refractivity (Wildman–Crippen MR) is 69.7 cm³/mol. The molecule has 1 unspecified atom stereocenters. The van der Waals surface area contributed by atoms with E-state index in [0.717, 1.165) is 5.69 Å². The average Bonchev–Trinajstić information content (AvgIpc) is 2.88. The summed E-state index contributed by atoms with van der Waals surface area (Å²) in [4.78, 5) is 31.0. The average molecular weight is 268 g/mol. The van der Waals surface area contributed by atoms with Gasteiger partial charge in [-0.1, -0.05) is 6.92 Å². The van der Waals surface area contributed by atoms with Gasteiger partial charge in [0.15, 0.2) is 0 Å². The summed E-state index contributed by atoms with van der Waals surface area (Å²) in [6.07, 6.45) is 3.96. The van der Waals surface area contributed by atoms with Crippen molar-refractivity contribution in [2.45, 2.75) is 20.3 Å². The van der Waals surface area contributed by atoms with Crippen LogP contribution in [0.15, 0.2) is 12.5 Å². The molecular weight excluding hydrogens is 248 g/mol. The number of urea groups is 1. The summed E-state index contributed by atoms with van der Waals surface area (Å²) in [5, 5.41) is 11.6. The minimum atomic E-state index is -0.899. The summed E-state index contributed by atoms with van der Waals surface area (Å²) < 4.78 is 0. The Labute approximate surface area is 112 Å². The number of carboxylic acids is 1. The van der Waals surface area contributed by atoms with Crippen LogP contribution in [0.4, 0.5) is 4.79 Å². The number of aliphatic carboxylic acids is 1. The second-order valence-corrected chi connectivity index (χ2v) is 4.34. The molecule has 0 spiro atoms. The number of nitrogens with one attached hydrogen (secondary N) is 2. The molecule has 1 atom stereocenters. The van der Waals surface area contributed by atoms with Gasteiger partial charge < -0.3 is 20.3 Å². The van der Waals surface area contributed by atoms with E-state index < -0.39 is 11.9 Å². The maximum absolute atomic E-state index is 11.9. The third-order valence-electron chi connectivity index (χ3n) is 2.81. The fourth-order valence-electron chi connectivity index (χ4n) is 1.60. The topological polar surface area (TPSA) is 98.3 Å². The lowest BCUT2D eigenvalue weighted by atomic mass is 10.2. The molecule has 0 aromatic carbocycles. The largest absolute Gasteiger partial charge is 0.481 e. The molecule has 7 heteroatoms. The SMILES string of the molecule is CCN(CC(C)C(=O)O)C(=O)NCCc1cnc[nH]1. The first-order chi connectivity index (χ1) is 9.04. The molecule has 1 heterocycles. The van der Waals surface area contributed by atoms with E-state index in [-0.39, 0.29) is 12.6 Å². The van der Waals surface area contributed by atoms with Gasteiger partial charge in [0.1, 0.15) is 0 Å². The van der Waals surface area contributed by atoms with Crippen LogP contribution in [0.3, 0.4) is 0 Å². The molecule has 0 saturated heterocycles. The summed E-state index contributed by atoms with van der Waals surface area (Å²) in [6.45, 7) is 4.58. The van der Waals surface area contributed by atoms with E-state index in [2.05, 4.69) is 15.3 Å². The Balaban J connectivity index is 2.34. The first-order valence-electron chi connectivity index (χ1n) is 6.27. The highest BCUT2D eigenvalue weighted by Gasteiger charge is 2.18. The lowest BCUT2D eigenvalue weighted by Gasteiger charge is -2.23. The molecule has 7 nitrogen and oxygen atoms in total. The number of hydrogen-bond donors (Lipinski definition) is 3. The van der Waals surface area contributed by atoms with Gasteiger partial charge in [0, 0.05) is 37.9 Å². The smallest absolute Gasteiger partial charge is 0.317 e. The van der Waals surface area contributed by atoms with E-state index >= 15 is 0 Å². The highest BCUT2D eigenvalue weighted by molar-refractivity contribution is 5.75. The monoisotopic (exact) mass is 268 g/mol. The van der Waals surface area contributed by atoms with Crippen LogP contribution in [0.5, 0.6) is 0 Å². The molecule has 2 amide bonds. The number of aromatic amines is 1. The number of H-pyrrole nitrogens is 1. The fraction of sp³-hybridized carbons (Fsp3) is 0.583. The van der Waals surface area contributed by atoms with Crippen molar-refractivity contribution in [2.24, 2.45) is 5.92 Å². The van der Waals surface area contributed by atoms with Crippen molar-refractivity contribution >= 4 is 12.0 Å². The molecule has 0 aliphatic carbocycles. The number of nitrogens with zero attached hydrogens (tertiary/aromatic N) is 2. The molecule has 106 valence electrons. The molecule has 0 aliphatic rings. The number of carbonyl (C=O) groups excluding carboxylic acids is 1. The minimum Gasteiger partial charge on any atom is -0.481 e. The van der Waals surface area contributed by atoms with Gasteiger partial charge in [0.2, 0.25) is 0 Å².